The number of hydrogen-bond acceptors (Lipinski definition) is 6. The average molecular weight is 359 g/mol. The summed E-state index contributed by atoms with van der Waals surface area (Å²) in [6, 6.07) is 7.64. The second-order valence-corrected chi connectivity index (χ2v) is 6.76. The molecule has 0 radical (unpaired) electrons. The lowest BCUT2D eigenvalue weighted by molar-refractivity contribution is -0.128. The first-order valence-corrected chi connectivity index (χ1v) is 9.14. The predicted molar refractivity (Wildman–Crippen MR) is 98.1 cm³/mol. The first-order valence-electron chi connectivity index (χ1n) is 8.33. The van der Waals surface area contributed by atoms with Crippen LogP contribution in [0, 0.1) is 18.3 Å². The Hall–Kier alpha value is -2.39. The molecular weight excluding hydrogens is 338 g/mol. The van der Waals surface area contributed by atoms with Crippen LogP contribution in [-0.2, 0) is 9.53 Å². The van der Waals surface area contributed by atoms with Gasteiger partial charge in [-0.05, 0) is 48.9 Å². The predicted octanol–water partition coefficient (Wildman–Crippen LogP) is 3.94. The highest BCUT2D eigenvalue weighted by atomic mass is 32.1. The summed E-state index contributed by atoms with van der Waals surface area (Å²) in [5.74, 6) is 0.742. The molecule has 132 valence electrons. The highest BCUT2D eigenvalue weighted by Gasteiger charge is 2.09. The third-order valence-electron chi connectivity index (χ3n) is 3.99. The van der Waals surface area contributed by atoms with Gasteiger partial charge in [0.25, 0.3) is 11.2 Å². The summed E-state index contributed by atoms with van der Waals surface area (Å²) in [6.45, 7) is 3.40. The lowest BCUT2D eigenvalue weighted by Crippen LogP contribution is -2.03. The van der Waals surface area contributed by atoms with Crippen LogP contribution in [-0.4, -0.2) is 19.7 Å². The second kappa shape index (κ2) is 9.80. The maximum atomic E-state index is 11.9. The van der Waals surface area contributed by atoms with Gasteiger partial charge in [-0.1, -0.05) is 30.6 Å². The van der Waals surface area contributed by atoms with Gasteiger partial charge in [0, 0.05) is 4.70 Å². The Labute approximate surface area is 150 Å². The van der Waals surface area contributed by atoms with Crippen molar-refractivity contribution in [3.63, 3.8) is 0 Å². The third kappa shape index (κ3) is 5.30. The summed E-state index contributed by atoms with van der Waals surface area (Å²) >= 11 is 1.08. The Morgan fingerprint density at radius 1 is 1.16 bits per heavy atom. The van der Waals surface area contributed by atoms with Gasteiger partial charge in [0.05, 0.1) is 13.2 Å². The van der Waals surface area contributed by atoms with E-state index in [4.69, 9.17) is 10.00 Å². The number of carbonyl (C=O) groups excluding carboxylic acids is 1. The molecule has 2 rings (SSSR count). The molecular formula is C19H21NO4S. The summed E-state index contributed by atoms with van der Waals surface area (Å²) in [5, 5.41) is 9.99. The van der Waals surface area contributed by atoms with E-state index in [2.05, 4.69) is 4.74 Å². The molecule has 0 saturated carbocycles. The molecule has 1 aromatic carbocycles. The topological polar surface area (TPSA) is 76.4 Å². The van der Waals surface area contributed by atoms with Crippen LogP contribution in [0.2, 0.25) is 0 Å². The molecule has 0 fully saturated rings. The zero-order chi connectivity index (χ0) is 18.1. The number of benzene rings is 1. The van der Waals surface area contributed by atoms with Crippen LogP contribution in [0.3, 0.4) is 0 Å². The SMILES string of the molecule is Cc1c(C#N)c(=O)sc2cc(OCCCCCCCOC=O)ccc12. The van der Waals surface area contributed by atoms with Crippen molar-refractivity contribution in [2.24, 2.45) is 0 Å². The number of nitrogens with zero attached hydrogens (tertiary/aromatic N) is 1. The summed E-state index contributed by atoms with van der Waals surface area (Å²) in [4.78, 5) is 21.9. The Morgan fingerprint density at radius 2 is 1.88 bits per heavy atom. The van der Waals surface area contributed by atoms with E-state index in [1.54, 1.807) is 6.92 Å². The molecule has 0 aliphatic heterocycles. The molecule has 0 saturated heterocycles. The van der Waals surface area contributed by atoms with E-state index in [9.17, 15) is 9.59 Å². The van der Waals surface area contributed by atoms with Crippen LogP contribution >= 0.6 is 11.3 Å². The molecule has 25 heavy (non-hydrogen) atoms. The summed E-state index contributed by atoms with van der Waals surface area (Å²) in [5.41, 5.74) is 0.955. The molecule has 0 N–H and O–H groups in total. The molecule has 0 bridgehead atoms. The summed E-state index contributed by atoms with van der Waals surface area (Å²) < 4.78 is 11.0. The maximum Gasteiger partial charge on any atom is 0.293 e. The minimum absolute atomic E-state index is 0.205. The Kier molecular flexibility index (Phi) is 7.42. The van der Waals surface area contributed by atoms with E-state index in [-0.39, 0.29) is 10.3 Å². The molecule has 5 nitrogen and oxygen atoms in total. The first kappa shape index (κ1) is 18.9. The minimum Gasteiger partial charge on any atom is -0.494 e. The third-order valence-corrected chi connectivity index (χ3v) is 4.94. The van der Waals surface area contributed by atoms with Crippen molar-refractivity contribution in [1.82, 2.24) is 0 Å². The molecule has 0 aliphatic rings. The second-order valence-electron chi connectivity index (χ2n) is 5.74. The normalized spacial score (nSPS) is 10.4. The number of hydrogen-bond donors (Lipinski definition) is 0. The fourth-order valence-corrected chi connectivity index (χ4v) is 3.62. The van der Waals surface area contributed by atoms with Gasteiger partial charge in [0.2, 0.25) is 0 Å². The molecule has 0 spiro atoms. The summed E-state index contributed by atoms with van der Waals surface area (Å²) in [6.07, 6.45) is 5.04. The number of unbranched alkanes of at least 4 members (excludes halogenated alkanes) is 4. The molecule has 2 aromatic rings. The molecule has 6 heteroatoms. The van der Waals surface area contributed by atoms with E-state index in [0.29, 0.717) is 19.7 Å². The van der Waals surface area contributed by atoms with Gasteiger partial charge >= 0.3 is 0 Å². The van der Waals surface area contributed by atoms with Gasteiger partial charge < -0.3 is 9.47 Å². The van der Waals surface area contributed by atoms with Gasteiger partial charge in [0.15, 0.2) is 0 Å². The van der Waals surface area contributed by atoms with Crippen LogP contribution in [0.4, 0.5) is 0 Å². The van der Waals surface area contributed by atoms with E-state index >= 15 is 0 Å². The average Bonchev–Trinajstić information content (AvgIpc) is 2.60. The number of ether oxygens (including phenoxy) is 2. The number of carbonyl (C=O) groups is 1. The number of nitriles is 1. The van der Waals surface area contributed by atoms with Crippen molar-refractivity contribution >= 4 is 27.9 Å². The highest BCUT2D eigenvalue weighted by Crippen LogP contribution is 2.26. The van der Waals surface area contributed by atoms with Gasteiger partial charge in [-0.25, -0.2) is 0 Å². The number of rotatable bonds is 10. The van der Waals surface area contributed by atoms with Gasteiger partial charge in [-0.15, -0.1) is 0 Å². The number of fused-ring (bicyclic) bond motifs is 1. The van der Waals surface area contributed by atoms with Gasteiger partial charge in [-0.3, -0.25) is 9.59 Å². The smallest absolute Gasteiger partial charge is 0.293 e. The van der Waals surface area contributed by atoms with Crippen molar-refractivity contribution in [2.45, 2.75) is 39.0 Å². The largest absolute Gasteiger partial charge is 0.494 e. The van der Waals surface area contributed by atoms with Crippen molar-refractivity contribution < 1.29 is 14.3 Å². The van der Waals surface area contributed by atoms with Crippen LogP contribution in [0.5, 0.6) is 5.75 Å². The number of aryl methyl sites for hydroxylation is 1. The Balaban J connectivity index is 1.83. The van der Waals surface area contributed by atoms with Crippen LogP contribution in [0.15, 0.2) is 23.0 Å². The molecule has 0 aliphatic carbocycles. The van der Waals surface area contributed by atoms with Crippen molar-refractivity contribution in [2.75, 3.05) is 13.2 Å². The van der Waals surface area contributed by atoms with E-state index in [1.807, 2.05) is 24.3 Å². The Bertz CT molecular complexity index is 823. The van der Waals surface area contributed by atoms with Gasteiger partial charge in [-0.2, -0.15) is 5.26 Å². The molecule has 1 heterocycles. The Morgan fingerprint density at radius 3 is 2.60 bits per heavy atom. The van der Waals surface area contributed by atoms with Crippen molar-refractivity contribution in [1.29, 1.82) is 5.26 Å². The summed E-state index contributed by atoms with van der Waals surface area (Å²) in [7, 11) is 0. The van der Waals surface area contributed by atoms with Crippen molar-refractivity contribution in [3.8, 4) is 11.8 Å². The van der Waals surface area contributed by atoms with E-state index < -0.39 is 0 Å². The van der Waals surface area contributed by atoms with Crippen LogP contribution < -0.4 is 9.48 Å². The highest BCUT2D eigenvalue weighted by molar-refractivity contribution is 7.16. The first-order chi connectivity index (χ1) is 12.2. The quantitative estimate of drug-likeness (QED) is 0.474. The van der Waals surface area contributed by atoms with E-state index in [1.165, 1.54) is 0 Å². The standard InChI is InChI=1S/C19H21NO4S/c1-14-16-8-7-15(11-18(16)25-19(22)17(14)12-20)24-10-6-4-2-3-5-9-23-13-21/h7-8,11,13H,2-6,9-10H2,1H3. The lowest BCUT2D eigenvalue weighted by Gasteiger charge is -2.08. The minimum atomic E-state index is -0.205. The van der Waals surface area contributed by atoms with Crippen LogP contribution in [0.25, 0.3) is 10.1 Å². The fourth-order valence-electron chi connectivity index (χ4n) is 2.61. The van der Waals surface area contributed by atoms with E-state index in [0.717, 1.165) is 64.8 Å². The zero-order valence-corrected chi connectivity index (χ0v) is 15.1. The van der Waals surface area contributed by atoms with Gasteiger partial charge in [0.1, 0.15) is 17.4 Å². The van der Waals surface area contributed by atoms with Crippen LogP contribution in [0.1, 0.15) is 43.2 Å². The van der Waals surface area contributed by atoms with Crippen molar-refractivity contribution in [3.05, 3.63) is 38.9 Å². The fraction of sp³-hybridized carbons (Fsp3) is 0.421. The molecule has 0 amide bonds. The maximum absolute atomic E-state index is 11.9. The molecule has 0 atom stereocenters. The molecule has 0 unspecified atom stereocenters. The lowest BCUT2D eigenvalue weighted by atomic mass is 10.1. The molecule has 1 aromatic heterocycles. The zero-order valence-electron chi connectivity index (χ0n) is 14.2. The monoisotopic (exact) mass is 359 g/mol.